The fourth-order valence-corrected chi connectivity index (χ4v) is 1.51. The molecule has 2 nitrogen and oxygen atoms in total. The van der Waals surface area contributed by atoms with Gasteiger partial charge in [0.05, 0.1) is 6.61 Å². The molecule has 0 aromatic carbocycles. The predicted molar refractivity (Wildman–Crippen MR) is 62.8 cm³/mol. The van der Waals surface area contributed by atoms with E-state index < -0.39 is 0 Å². The maximum atomic E-state index is 5.76. The minimum Gasteiger partial charge on any atom is -0.363 e. The summed E-state index contributed by atoms with van der Waals surface area (Å²) in [5.41, 5.74) is 0.646. The van der Waals surface area contributed by atoms with E-state index >= 15 is 0 Å². The lowest BCUT2D eigenvalue weighted by Gasteiger charge is -2.37. The normalized spacial score (nSPS) is 26.8. The Hall–Kier alpha value is 0.210. The van der Waals surface area contributed by atoms with Gasteiger partial charge in [0.2, 0.25) is 0 Å². The Morgan fingerprint density at radius 2 is 1.93 bits per heavy atom. The van der Waals surface area contributed by atoms with Crippen LogP contribution in [0.3, 0.4) is 0 Å². The molecule has 1 rings (SSSR count). The van der Waals surface area contributed by atoms with Crippen LogP contribution in [-0.4, -0.2) is 19.4 Å². The van der Waals surface area contributed by atoms with E-state index in [-0.39, 0.29) is 18.6 Å². The highest BCUT2D eigenvalue weighted by atomic mass is 35.5. The van der Waals surface area contributed by atoms with Gasteiger partial charge in [-0.05, 0) is 11.8 Å². The molecule has 1 fully saturated rings. The summed E-state index contributed by atoms with van der Waals surface area (Å²) in [6.07, 6.45) is 1.34. The van der Waals surface area contributed by atoms with Gasteiger partial charge in [0.15, 0.2) is 0 Å². The van der Waals surface area contributed by atoms with Crippen molar-refractivity contribution in [1.82, 2.24) is 5.32 Å². The summed E-state index contributed by atoms with van der Waals surface area (Å²) in [4.78, 5) is 0. The third kappa shape index (κ3) is 5.18. The second-order valence-electron chi connectivity index (χ2n) is 6.11. The molecule has 1 saturated heterocycles. The lowest BCUT2D eigenvalue weighted by Crippen LogP contribution is -2.48. The molecule has 14 heavy (non-hydrogen) atoms. The molecule has 1 heterocycles. The topological polar surface area (TPSA) is 21.3 Å². The zero-order valence-corrected chi connectivity index (χ0v) is 10.8. The smallest absolute Gasteiger partial charge is 0.108 e. The summed E-state index contributed by atoms with van der Waals surface area (Å²) in [6, 6.07) is 0. The first-order valence-corrected chi connectivity index (χ1v) is 5.14. The monoisotopic (exact) mass is 221 g/mol. The fourth-order valence-electron chi connectivity index (χ4n) is 1.51. The summed E-state index contributed by atoms with van der Waals surface area (Å²) in [5, 5.41) is 3.44. The molecule has 1 N–H and O–H groups in total. The van der Waals surface area contributed by atoms with Crippen molar-refractivity contribution in [2.45, 2.75) is 47.3 Å². The molecule has 0 aliphatic carbocycles. The first-order chi connectivity index (χ1) is 5.79. The van der Waals surface area contributed by atoms with Crippen LogP contribution < -0.4 is 5.32 Å². The molecule has 1 unspecified atom stereocenters. The van der Waals surface area contributed by atoms with Gasteiger partial charge in [0.25, 0.3) is 0 Å². The number of hydrogen-bond acceptors (Lipinski definition) is 2. The minimum absolute atomic E-state index is 0. The summed E-state index contributed by atoms with van der Waals surface area (Å²) in [7, 11) is 0. The Bertz CT molecular complexity index is 165. The van der Waals surface area contributed by atoms with E-state index in [4.69, 9.17) is 4.74 Å². The van der Waals surface area contributed by atoms with Crippen LogP contribution in [0.5, 0.6) is 0 Å². The lowest BCUT2D eigenvalue weighted by molar-refractivity contribution is -0.0728. The van der Waals surface area contributed by atoms with Crippen molar-refractivity contribution in [3.05, 3.63) is 0 Å². The van der Waals surface area contributed by atoms with Crippen LogP contribution in [0.4, 0.5) is 0 Å². The Balaban J connectivity index is 0.00000169. The van der Waals surface area contributed by atoms with Crippen molar-refractivity contribution >= 4 is 12.4 Å². The molecule has 0 bridgehead atoms. The zero-order chi connectivity index (χ0) is 10.1. The van der Waals surface area contributed by atoms with E-state index in [1.54, 1.807) is 0 Å². The SMILES string of the molecule is CC(C)(C)CC1NCC(C)(C)CO1.Cl. The average Bonchev–Trinajstić information content (AvgIpc) is 1.91. The molecule has 0 aromatic rings. The standard InChI is InChI=1S/C11H23NO.ClH/c1-10(2,3)6-9-12-7-11(4,5)8-13-9;/h9,12H,6-8H2,1-5H3;1H. The molecular formula is C11H24ClNO. The molecule has 3 heteroatoms. The quantitative estimate of drug-likeness (QED) is 0.736. The number of halogens is 1. The van der Waals surface area contributed by atoms with Crippen LogP contribution in [0.15, 0.2) is 0 Å². The summed E-state index contributed by atoms with van der Waals surface area (Å²) in [6.45, 7) is 13.1. The molecular weight excluding hydrogens is 198 g/mol. The van der Waals surface area contributed by atoms with E-state index in [2.05, 4.69) is 39.9 Å². The summed E-state index contributed by atoms with van der Waals surface area (Å²) < 4.78 is 5.76. The number of ether oxygens (including phenoxy) is 1. The molecule has 0 spiro atoms. The minimum atomic E-state index is 0. The number of rotatable bonds is 1. The van der Waals surface area contributed by atoms with Gasteiger partial charge in [0.1, 0.15) is 6.23 Å². The van der Waals surface area contributed by atoms with Crippen molar-refractivity contribution in [1.29, 1.82) is 0 Å². The Morgan fingerprint density at radius 1 is 1.36 bits per heavy atom. The second-order valence-corrected chi connectivity index (χ2v) is 6.11. The Labute approximate surface area is 94.2 Å². The van der Waals surface area contributed by atoms with E-state index in [0.717, 1.165) is 19.6 Å². The van der Waals surface area contributed by atoms with Crippen LogP contribution in [0.1, 0.15) is 41.0 Å². The molecule has 86 valence electrons. The first-order valence-electron chi connectivity index (χ1n) is 5.14. The van der Waals surface area contributed by atoms with Crippen molar-refractivity contribution in [2.24, 2.45) is 10.8 Å². The number of hydrogen-bond donors (Lipinski definition) is 1. The van der Waals surface area contributed by atoms with Crippen molar-refractivity contribution in [3.8, 4) is 0 Å². The van der Waals surface area contributed by atoms with E-state index in [1.807, 2.05) is 0 Å². The summed E-state index contributed by atoms with van der Waals surface area (Å²) in [5.74, 6) is 0. The van der Waals surface area contributed by atoms with Crippen LogP contribution in [0, 0.1) is 10.8 Å². The van der Waals surface area contributed by atoms with Gasteiger partial charge in [-0.15, -0.1) is 12.4 Å². The average molecular weight is 222 g/mol. The second kappa shape index (κ2) is 4.82. The van der Waals surface area contributed by atoms with Crippen molar-refractivity contribution in [3.63, 3.8) is 0 Å². The fraction of sp³-hybridized carbons (Fsp3) is 1.00. The highest BCUT2D eigenvalue weighted by molar-refractivity contribution is 5.85. The van der Waals surface area contributed by atoms with Gasteiger partial charge < -0.3 is 4.74 Å². The van der Waals surface area contributed by atoms with E-state index in [0.29, 0.717) is 10.8 Å². The lowest BCUT2D eigenvalue weighted by atomic mass is 9.89. The van der Waals surface area contributed by atoms with Gasteiger partial charge in [-0.3, -0.25) is 5.32 Å². The van der Waals surface area contributed by atoms with Crippen molar-refractivity contribution in [2.75, 3.05) is 13.2 Å². The highest BCUT2D eigenvalue weighted by Gasteiger charge is 2.29. The third-order valence-electron chi connectivity index (χ3n) is 2.28. The molecule has 1 aliphatic rings. The summed E-state index contributed by atoms with van der Waals surface area (Å²) >= 11 is 0. The Kier molecular flexibility index (Phi) is 4.89. The predicted octanol–water partition coefficient (Wildman–Crippen LogP) is 2.82. The molecule has 0 saturated carbocycles. The van der Waals surface area contributed by atoms with E-state index in [1.165, 1.54) is 0 Å². The maximum Gasteiger partial charge on any atom is 0.108 e. The molecule has 0 radical (unpaired) electrons. The first kappa shape index (κ1) is 14.2. The zero-order valence-electron chi connectivity index (χ0n) is 10.0. The molecule has 1 atom stereocenters. The van der Waals surface area contributed by atoms with Gasteiger partial charge in [-0.25, -0.2) is 0 Å². The highest BCUT2D eigenvalue weighted by Crippen LogP contribution is 2.26. The van der Waals surface area contributed by atoms with Crippen LogP contribution in [-0.2, 0) is 4.74 Å². The van der Waals surface area contributed by atoms with Crippen LogP contribution in [0.2, 0.25) is 0 Å². The van der Waals surface area contributed by atoms with Gasteiger partial charge in [-0.2, -0.15) is 0 Å². The van der Waals surface area contributed by atoms with Crippen molar-refractivity contribution < 1.29 is 4.74 Å². The maximum absolute atomic E-state index is 5.76. The van der Waals surface area contributed by atoms with Crippen LogP contribution in [0.25, 0.3) is 0 Å². The largest absolute Gasteiger partial charge is 0.363 e. The number of nitrogens with one attached hydrogen (secondary N) is 1. The molecule has 0 aromatic heterocycles. The third-order valence-corrected chi connectivity index (χ3v) is 2.28. The Morgan fingerprint density at radius 3 is 2.29 bits per heavy atom. The van der Waals surface area contributed by atoms with Gasteiger partial charge >= 0.3 is 0 Å². The van der Waals surface area contributed by atoms with Crippen LogP contribution >= 0.6 is 12.4 Å². The van der Waals surface area contributed by atoms with Gasteiger partial charge in [0, 0.05) is 12.0 Å². The molecule has 1 aliphatic heterocycles. The molecule has 0 amide bonds. The van der Waals surface area contributed by atoms with E-state index in [9.17, 15) is 0 Å². The van der Waals surface area contributed by atoms with Gasteiger partial charge in [-0.1, -0.05) is 34.6 Å².